The number of benzene rings is 1. The molecule has 9 heteroatoms. The average Bonchev–Trinajstić information content (AvgIpc) is 3.39. The third kappa shape index (κ3) is 4.95. The molecule has 1 amide bonds. The molecule has 0 aliphatic heterocycles. The van der Waals surface area contributed by atoms with Gasteiger partial charge in [-0.3, -0.25) is 9.48 Å². The van der Waals surface area contributed by atoms with E-state index in [1.54, 1.807) is 47.4 Å². The molecule has 4 aromatic rings. The van der Waals surface area contributed by atoms with Crippen molar-refractivity contribution in [2.45, 2.75) is 6.54 Å². The first kappa shape index (κ1) is 20.3. The molecular weight excluding hydrogens is 399 g/mol. The zero-order valence-electron chi connectivity index (χ0n) is 16.9. The van der Waals surface area contributed by atoms with E-state index in [9.17, 15) is 9.18 Å². The van der Waals surface area contributed by atoms with Gasteiger partial charge in [0.15, 0.2) is 12.4 Å². The van der Waals surface area contributed by atoms with Gasteiger partial charge in [-0.25, -0.2) is 14.4 Å². The van der Waals surface area contributed by atoms with Gasteiger partial charge in [0, 0.05) is 50.0 Å². The first-order chi connectivity index (χ1) is 15.1. The average molecular weight is 420 g/mol. The van der Waals surface area contributed by atoms with Crippen LogP contribution >= 0.6 is 0 Å². The highest BCUT2D eigenvalue weighted by atomic mass is 19.1. The van der Waals surface area contributed by atoms with Crippen LogP contribution in [0.5, 0.6) is 5.88 Å². The minimum absolute atomic E-state index is 0.116. The molecule has 0 unspecified atom stereocenters. The number of halogens is 1. The highest BCUT2D eigenvalue weighted by Gasteiger charge is 2.17. The lowest BCUT2D eigenvalue weighted by Crippen LogP contribution is -2.31. The summed E-state index contributed by atoms with van der Waals surface area (Å²) in [7, 11) is 1.89. The Kier molecular flexibility index (Phi) is 6.02. The Morgan fingerprint density at radius 2 is 1.97 bits per heavy atom. The summed E-state index contributed by atoms with van der Waals surface area (Å²) in [6.45, 7) is 0.707. The van der Waals surface area contributed by atoms with E-state index in [1.807, 2.05) is 24.0 Å². The van der Waals surface area contributed by atoms with Crippen LogP contribution in [-0.2, 0) is 18.4 Å². The molecule has 0 fully saturated rings. The lowest BCUT2D eigenvalue weighted by atomic mass is 10.1. The third-order valence-corrected chi connectivity index (χ3v) is 4.60. The van der Waals surface area contributed by atoms with E-state index < -0.39 is 0 Å². The molecule has 1 aromatic carbocycles. The van der Waals surface area contributed by atoms with E-state index in [0.717, 1.165) is 11.1 Å². The van der Waals surface area contributed by atoms with E-state index in [0.29, 0.717) is 30.5 Å². The number of rotatable bonds is 8. The lowest BCUT2D eigenvalue weighted by molar-refractivity contribution is -0.123. The molecule has 8 nitrogen and oxygen atoms in total. The zero-order chi connectivity index (χ0) is 21.6. The Bertz CT molecular complexity index is 1150. The fraction of sp³-hybridized carbons (Fsp3) is 0.182. The van der Waals surface area contributed by atoms with Crippen molar-refractivity contribution in [1.82, 2.24) is 29.6 Å². The monoisotopic (exact) mass is 420 g/mol. The van der Waals surface area contributed by atoms with Gasteiger partial charge < -0.3 is 14.6 Å². The highest BCUT2D eigenvalue weighted by molar-refractivity contribution is 5.78. The van der Waals surface area contributed by atoms with Gasteiger partial charge in [-0.1, -0.05) is 18.2 Å². The second kappa shape index (κ2) is 9.21. The number of hydrogen-bond donors (Lipinski definition) is 1. The van der Waals surface area contributed by atoms with E-state index in [-0.39, 0.29) is 18.3 Å². The molecule has 4 rings (SSSR count). The summed E-state index contributed by atoms with van der Waals surface area (Å²) in [6, 6.07) is 11.5. The van der Waals surface area contributed by atoms with E-state index in [1.165, 1.54) is 12.1 Å². The molecule has 0 atom stereocenters. The van der Waals surface area contributed by atoms with E-state index in [2.05, 4.69) is 20.4 Å². The molecule has 0 aliphatic carbocycles. The van der Waals surface area contributed by atoms with Crippen LogP contribution in [-0.4, -0.2) is 43.4 Å². The number of hydrogen-bond acceptors (Lipinski definition) is 5. The lowest BCUT2D eigenvalue weighted by Gasteiger charge is -2.06. The van der Waals surface area contributed by atoms with E-state index >= 15 is 0 Å². The summed E-state index contributed by atoms with van der Waals surface area (Å²) in [5.41, 5.74) is 2.35. The summed E-state index contributed by atoms with van der Waals surface area (Å²) in [4.78, 5) is 20.4. The van der Waals surface area contributed by atoms with Crippen LogP contribution in [0.15, 0.2) is 67.3 Å². The number of aromatic nitrogens is 5. The van der Waals surface area contributed by atoms with Crippen LogP contribution < -0.4 is 10.1 Å². The van der Waals surface area contributed by atoms with Crippen molar-refractivity contribution in [3.8, 4) is 28.5 Å². The quantitative estimate of drug-likeness (QED) is 0.474. The molecular formula is C22H21FN6O2. The van der Waals surface area contributed by atoms with Gasteiger partial charge in [0.05, 0.1) is 6.54 Å². The van der Waals surface area contributed by atoms with Crippen LogP contribution in [0.3, 0.4) is 0 Å². The summed E-state index contributed by atoms with van der Waals surface area (Å²) in [5, 5.41) is 7.45. The highest BCUT2D eigenvalue weighted by Crippen LogP contribution is 2.30. The summed E-state index contributed by atoms with van der Waals surface area (Å²) in [6.07, 6.45) is 7.01. The van der Waals surface area contributed by atoms with Crippen molar-refractivity contribution in [3.63, 3.8) is 0 Å². The fourth-order valence-electron chi connectivity index (χ4n) is 3.07. The molecule has 3 aromatic heterocycles. The Labute approximate surface area is 178 Å². The van der Waals surface area contributed by atoms with Crippen molar-refractivity contribution in [2.75, 3.05) is 13.2 Å². The summed E-state index contributed by atoms with van der Waals surface area (Å²) >= 11 is 0. The van der Waals surface area contributed by atoms with Crippen molar-refractivity contribution >= 4 is 5.91 Å². The van der Waals surface area contributed by atoms with E-state index in [4.69, 9.17) is 4.74 Å². The number of imidazole rings is 1. The number of carbonyl (C=O) groups is 1. The minimum Gasteiger partial charge on any atom is -0.468 e. The number of pyridine rings is 1. The number of amides is 1. The number of nitrogens with zero attached hydrogens (tertiary/aromatic N) is 5. The molecule has 1 N–H and O–H groups in total. The Balaban J connectivity index is 1.43. The van der Waals surface area contributed by atoms with Gasteiger partial charge in [0.2, 0.25) is 5.88 Å². The van der Waals surface area contributed by atoms with Crippen LogP contribution in [0.1, 0.15) is 0 Å². The summed E-state index contributed by atoms with van der Waals surface area (Å²) in [5.74, 6) is 0.547. The number of carbonyl (C=O) groups excluding carboxylic acids is 1. The van der Waals surface area contributed by atoms with Gasteiger partial charge in [0.1, 0.15) is 11.5 Å². The molecule has 0 spiro atoms. The first-order valence-corrected chi connectivity index (χ1v) is 9.72. The number of aryl methyl sites for hydroxylation is 1. The van der Waals surface area contributed by atoms with Crippen LogP contribution in [0, 0.1) is 5.82 Å². The number of ether oxygens (including phenoxy) is 1. The molecule has 3 heterocycles. The second-order valence-electron chi connectivity index (χ2n) is 6.83. The predicted octanol–water partition coefficient (Wildman–Crippen LogP) is 2.68. The van der Waals surface area contributed by atoms with Crippen molar-refractivity contribution < 1.29 is 13.9 Å². The van der Waals surface area contributed by atoms with Crippen LogP contribution in [0.4, 0.5) is 4.39 Å². The first-order valence-electron chi connectivity index (χ1n) is 9.72. The molecule has 0 bridgehead atoms. The maximum absolute atomic E-state index is 13.4. The molecule has 0 radical (unpaired) electrons. The number of nitrogens with one attached hydrogen (secondary N) is 1. The molecule has 0 saturated carbocycles. The second-order valence-corrected chi connectivity index (χ2v) is 6.83. The minimum atomic E-state index is -0.301. The van der Waals surface area contributed by atoms with Crippen molar-refractivity contribution in [3.05, 3.63) is 73.1 Å². The SMILES string of the molecule is Cn1ccnc1-c1nn(CCNC(=O)COc2ccccn2)cc1-c1ccc(F)cc1. The standard InChI is InChI=1S/C22H21FN6O2/c1-28-12-10-26-22(28)21-18(16-5-7-17(23)8-6-16)14-29(27-21)13-11-24-19(30)15-31-20-4-2-3-9-25-20/h2-10,12,14H,11,13,15H2,1H3,(H,24,30). The van der Waals surface area contributed by atoms with Gasteiger partial charge in [-0.15, -0.1) is 0 Å². The molecule has 31 heavy (non-hydrogen) atoms. The smallest absolute Gasteiger partial charge is 0.258 e. The molecule has 0 saturated heterocycles. The maximum atomic E-state index is 13.4. The predicted molar refractivity (Wildman–Crippen MR) is 113 cm³/mol. The third-order valence-electron chi connectivity index (χ3n) is 4.60. The van der Waals surface area contributed by atoms with Crippen LogP contribution in [0.2, 0.25) is 0 Å². The topological polar surface area (TPSA) is 86.9 Å². The van der Waals surface area contributed by atoms with Gasteiger partial charge in [-0.2, -0.15) is 5.10 Å². The fourth-order valence-corrected chi connectivity index (χ4v) is 3.07. The Hall–Kier alpha value is -4.01. The maximum Gasteiger partial charge on any atom is 0.258 e. The van der Waals surface area contributed by atoms with Crippen LogP contribution in [0.25, 0.3) is 22.6 Å². The molecule has 158 valence electrons. The normalized spacial score (nSPS) is 10.8. The van der Waals surface area contributed by atoms with Gasteiger partial charge in [-0.05, 0) is 23.8 Å². The van der Waals surface area contributed by atoms with Crippen molar-refractivity contribution in [1.29, 1.82) is 0 Å². The Morgan fingerprint density at radius 1 is 1.13 bits per heavy atom. The summed E-state index contributed by atoms with van der Waals surface area (Å²) < 4.78 is 22.3. The zero-order valence-corrected chi connectivity index (χ0v) is 16.9. The molecule has 0 aliphatic rings. The van der Waals surface area contributed by atoms with Gasteiger partial charge in [0.25, 0.3) is 5.91 Å². The largest absolute Gasteiger partial charge is 0.468 e. The van der Waals surface area contributed by atoms with Crippen molar-refractivity contribution in [2.24, 2.45) is 7.05 Å². The van der Waals surface area contributed by atoms with Gasteiger partial charge >= 0.3 is 0 Å². The Morgan fingerprint density at radius 3 is 2.68 bits per heavy atom.